The third-order valence-electron chi connectivity index (χ3n) is 1.09. The highest BCUT2D eigenvalue weighted by molar-refractivity contribution is 7.98. The topological polar surface area (TPSA) is 29.4 Å². The van der Waals surface area contributed by atoms with E-state index in [1.165, 1.54) is 11.9 Å². The first-order chi connectivity index (χ1) is 3.80. The van der Waals surface area contributed by atoms with Gasteiger partial charge in [-0.1, -0.05) is 0 Å². The second-order valence-electron chi connectivity index (χ2n) is 1.77. The summed E-state index contributed by atoms with van der Waals surface area (Å²) in [5.74, 6) is 1.16. The van der Waals surface area contributed by atoms with Crippen molar-refractivity contribution in [3.05, 3.63) is 0 Å². The fraction of sp³-hybridized carbons (Fsp3) is 0.600. The molecule has 1 aliphatic heterocycles. The third kappa shape index (κ3) is 1.10. The zero-order chi connectivity index (χ0) is 5.98. The van der Waals surface area contributed by atoms with Crippen LogP contribution in [0.4, 0.5) is 0 Å². The summed E-state index contributed by atoms with van der Waals surface area (Å²) in [4.78, 5) is 10.5. The molecule has 1 rings (SSSR count). The minimum Gasteiger partial charge on any atom is -0.299 e. The molecule has 1 heterocycles. The van der Waals surface area contributed by atoms with E-state index in [0.29, 0.717) is 0 Å². The van der Waals surface area contributed by atoms with Crippen LogP contribution in [0.25, 0.3) is 0 Å². The molecule has 1 aliphatic rings. The van der Waals surface area contributed by atoms with Gasteiger partial charge in [-0.15, -0.1) is 0 Å². The molecule has 0 bridgehead atoms. The van der Waals surface area contributed by atoms with E-state index in [4.69, 9.17) is 0 Å². The van der Waals surface area contributed by atoms with E-state index in [1.807, 2.05) is 0 Å². The number of hydrogen-bond donors (Lipinski definition) is 0. The number of nitrogens with zero attached hydrogens (tertiary/aromatic N) is 1. The van der Waals surface area contributed by atoms with Crippen LogP contribution in [0.15, 0.2) is 4.40 Å². The van der Waals surface area contributed by atoms with E-state index in [1.54, 1.807) is 13.1 Å². The van der Waals surface area contributed by atoms with E-state index >= 15 is 0 Å². The Balaban J connectivity index is 2.48. The second-order valence-corrected chi connectivity index (χ2v) is 2.57. The number of hydrogen-bond acceptors (Lipinski definition) is 3. The lowest BCUT2D eigenvalue weighted by atomic mass is 10.1. The van der Waals surface area contributed by atoms with Crippen LogP contribution in [0.2, 0.25) is 0 Å². The van der Waals surface area contributed by atoms with Crippen LogP contribution in [0.5, 0.6) is 0 Å². The van der Waals surface area contributed by atoms with E-state index in [-0.39, 0.29) is 11.7 Å². The molecular weight excluding hydrogens is 122 g/mol. The molecule has 8 heavy (non-hydrogen) atoms. The number of ketones is 1. The largest absolute Gasteiger partial charge is 0.299 e. The Morgan fingerprint density at radius 2 is 2.75 bits per heavy atom. The monoisotopic (exact) mass is 129 g/mol. The number of carbonyl (C=O) groups excluding carboxylic acids is 1. The zero-order valence-corrected chi connectivity index (χ0v) is 5.44. The van der Waals surface area contributed by atoms with Crippen molar-refractivity contribution >= 4 is 23.9 Å². The summed E-state index contributed by atoms with van der Waals surface area (Å²) in [5, 5.41) is 0. The average molecular weight is 129 g/mol. The van der Waals surface area contributed by atoms with E-state index < -0.39 is 0 Å². The highest BCUT2D eigenvalue weighted by Gasteiger charge is 2.14. The van der Waals surface area contributed by atoms with E-state index in [0.717, 1.165) is 5.75 Å². The smallest absolute Gasteiger partial charge is 0.139 e. The van der Waals surface area contributed by atoms with Crippen molar-refractivity contribution in [2.24, 2.45) is 10.3 Å². The summed E-state index contributed by atoms with van der Waals surface area (Å²) >= 11 is 1.46. The molecule has 1 unspecified atom stereocenters. The summed E-state index contributed by atoms with van der Waals surface area (Å²) in [7, 11) is 0. The van der Waals surface area contributed by atoms with Gasteiger partial charge < -0.3 is 0 Å². The Bertz CT molecular complexity index is 132. The van der Waals surface area contributed by atoms with Crippen LogP contribution in [0.1, 0.15) is 6.92 Å². The molecule has 0 aromatic heterocycles. The summed E-state index contributed by atoms with van der Waals surface area (Å²) in [6.07, 6.45) is 1.72. The van der Waals surface area contributed by atoms with Gasteiger partial charge in [0.15, 0.2) is 0 Å². The van der Waals surface area contributed by atoms with Gasteiger partial charge in [-0.25, -0.2) is 4.40 Å². The van der Waals surface area contributed by atoms with Crippen molar-refractivity contribution in [1.29, 1.82) is 0 Å². The first kappa shape index (κ1) is 5.82. The molecule has 0 N–H and O–H groups in total. The molecule has 0 aliphatic carbocycles. The van der Waals surface area contributed by atoms with Gasteiger partial charge in [0.05, 0.1) is 5.92 Å². The molecule has 0 fully saturated rings. The Morgan fingerprint density at radius 1 is 2.00 bits per heavy atom. The van der Waals surface area contributed by atoms with E-state index in [2.05, 4.69) is 4.40 Å². The minimum absolute atomic E-state index is 0.0972. The third-order valence-corrected chi connectivity index (χ3v) is 1.87. The Hall–Kier alpha value is -0.310. The summed E-state index contributed by atoms with van der Waals surface area (Å²) in [6.45, 7) is 1.60. The predicted octanol–water partition coefficient (Wildman–Crippen LogP) is 0.924. The summed E-state index contributed by atoms with van der Waals surface area (Å²) in [6, 6.07) is 0. The van der Waals surface area contributed by atoms with Crippen LogP contribution in [0, 0.1) is 5.92 Å². The molecule has 1 atom stereocenters. The zero-order valence-electron chi connectivity index (χ0n) is 4.63. The molecule has 0 amide bonds. The Labute approximate surface area is 52.5 Å². The number of Topliss-reactive ketones (excluding diaryl/α,β-unsaturated/α-hetero) is 1. The molecule has 0 aromatic carbocycles. The molecule has 0 saturated carbocycles. The van der Waals surface area contributed by atoms with Crippen molar-refractivity contribution in [2.75, 3.05) is 5.75 Å². The SMILES string of the molecule is CC(=O)C1C=NSC1. The van der Waals surface area contributed by atoms with Gasteiger partial charge in [0.1, 0.15) is 5.78 Å². The maximum atomic E-state index is 10.5. The molecular formula is C5H7NOS. The van der Waals surface area contributed by atoms with Crippen molar-refractivity contribution in [2.45, 2.75) is 6.92 Å². The predicted molar refractivity (Wildman–Crippen MR) is 35.1 cm³/mol. The Kier molecular flexibility index (Phi) is 1.68. The Morgan fingerprint density at radius 3 is 3.00 bits per heavy atom. The number of rotatable bonds is 1. The van der Waals surface area contributed by atoms with E-state index in [9.17, 15) is 4.79 Å². The highest BCUT2D eigenvalue weighted by atomic mass is 32.2. The van der Waals surface area contributed by atoms with Gasteiger partial charge in [-0.2, -0.15) is 0 Å². The van der Waals surface area contributed by atoms with Gasteiger partial charge in [0.25, 0.3) is 0 Å². The maximum absolute atomic E-state index is 10.5. The molecule has 44 valence electrons. The minimum atomic E-state index is 0.0972. The van der Waals surface area contributed by atoms with Crippen LogP contribution in [-0.4, -0.2) is 17.8 Å². The van der Waals surface area contributed by atoms with Crippen molar-refractivity contribution in [1.82, 2.24) is 0 Å². The van der Waals surface area contributed by atoms with Crippen molar-refractivity contribution < 1.29 is 4.79 Å². The molecule has 0 spiro atoms. The van der Waals surface area contributed by atoms with Crippen molar-refractivity contribution in [3.63, 3.8) is 0 Å². The quantitative estimate of drug-likeness (QED) is 0.493. The first-order valence-corrected chi connectivity index (χ1v) is 3.41. The average Bonchev–Trinajstić information content (AvgIpc) is 2.12. The van der Waals surface area contributed by atoms with Crippen LogP contribution >= 0.6 is 11.9 Å². The van der Waals surface area contributed by atoms with Crippen LogP contribution < -0.4 is 0 Å². The normalized spacial score (nSPS) is 26.4. The van der Waals surface area contributed by atoms with Crippen molar-refractivity contribution in [3.8, 4) is 0 Å². The van der Waals surface area contributed by atoms with Gasteiger partial charge in [-0.05, 0) is 18.9 Å². The molecule has 3 heteroatoms. The van der Waals surface area contributed by atoms with Crippen LogP contribution in [-0.2, 0) is 4.79 Å². The number of carbonyl (C=O) groups is 1. The fourth-order valence-electron chi connectivity index (χ4n) is 0.505. The lowest BCUT2D eigenvalue weighted by Gasteiger charge is -1.94. The van der Waals surface area contributed by atoms with Gasteiger partial charge in [-0.3, -0.25) is 4.79 Å². The molecule has 0 aromatic rings. The summed E-state index contributed by atoms with van der Waals surface area (Å²) < 4.78 is 3.86. The lowest BCUT2D eigenvalue weighted by molar-refractivity contribution is -0.118. The molecule has 2 nitrogen and oxygen atoms in total. The first-order valence-electron chi connectivity index (χ1n) is 2.46. The lowest BCUT2D eigenvalue weighted by Crippen LogP contribution is -2.10. The second kappa shape index (κ2) is 2.31. The highest BCUT2D eigenvalue weighted by Crippen LogP contribution is 2.15. The maximum Gasteiger partial charge on any atom is 0.139 e. The van der Waals surface area contributed by atoms with Gasteiger partial charge >= 0.3 is 0 Å². The van der Waals surface area contributed by atoms with Gasteiger partial charge in [0.2, 0.25) is 0 Å². The van der Waals surface area contributed by atoms with Crippen LogP contribution in [0.3, 0.4) is 0 Å². The fourth-order valence-corrected chi connectivity index (χ4v) is 1.31. The standard InChI is InChI=1S/C5H7NOS/c1-4(7)5-2-6-8-3-5/h2,5H,3H2,1H3. The molecule has 0 saturated heterocycles. The summed E-state index contributed by atoms with van der Waals surface area (Å²) in [5.41, 5.74) is 0. The molecule has 0 radical (unpaired) electrons. The van der Waals surface area contributed by atoms with Gasteiger partial charge in [0, 0.05) is 12.0 Å².